The molecule has 1 rings (SSSR count). The quantitative estimate of drug-likeness (QED) is 0.495. The Morgan fingerprint density at radius 3 is 2.67 bits per heavy atom. The Balaban J connectivity index is 3.05. The monoisotopic (exact) mass is 207 g/mol. The van der Waals surface area contributed by atoms with E-state index in [1.165, 1.54) is 0 Å². The second-order valence-corrected chi connectivity index (χ2v) is 3.36. The number of benzene rings is 1. The molecule has 0 fully saturated rings. The summed E-state index contributed by atoms with van der Waals surface area (Å²) in [5.41, 5.74) is 8.92. The van der Waals surface area contributed by atoms with Crippen LogP contribution in [0.5, 0.6) is 0 Å². The van der Waals surface area contributed by atoms with Crippen LogP contribution in [0.15, 0.2) is 12.1 Å². The highest BCUT2D eigenvalue weighted by atomic mass is 16.1. The summed E-state index contributed by atoms with van der Waals surface area (Å²) < 4.78 is 0. The topological polar surface area (TPSA) is 67.2 Å². The standard InChI is InChI=1S/C11H17N3O/c1-13-4-3-8-6-11(14-2)10(12)5-9(8)7-15/h5-7,13-14H,3-4,12H2,1-2H3. The first-order valence-corrected chi connectivity index (χ1v) is 4.92. The van der Waals surface area contributed by atoms with Gasteiger partial charge in [-0.25, -0.2) is 0 Å². The average Bonchev–Trinajstić information content (AvgIpc) is 2.26. The molecule has 0 unspecified atom stereocenters. The average molecular weight is 207 g/mol. The Morgan fingerprint density at radius 2 is 2.13 bits per heavy atom. The van der Waals surface area contributed by atoms with Crippen LogP contribution >= 0.6 is 0 Å². The van der Waals surface area contributed by atoms with Gasteiger partial charge in [0, 0.05) is 12.6 Å². The molecule has 0 amide bonds. The Labute approximate surface area is 89.9 Å². The summed E-state index contributed by atoms with van der Waals surface area (Å²) in [5.74, 6) is 0. The third-order valence-electron chi connectivity index (χ3n) is 2.35. The second-order valence-electron chi connectivity index (χ2n) is 3.36. The highest BCUT2D eigenvalue weighted by Gasteiger charge is 2.06. The van der Waals surface area contributed by atoms with Gasteiger partial charge in [-0.2, -0.15) is 0 Å². The largest absolute Gasteiger partial charge is 0.397 e. The summed E-state index contributed by atoms with van der Waals surface area (Å²) in [6, 6.07) is 3.64. The van der Waals surface area contributed by atoms with Crippen LogP contribution in [0.1, 0.15) is 15.9 Å². The summed E-state index contributed by atoms with van der Waals surface area (Å²) in [5, 5.41) is 6.05. The number of hydrogen-bond acceptors (Lipinski definition) is 4. The molecule has 0 radical (unpaired) electrons. The predicted octanol–water partition coefficient (Wildman–Crippen LogP) is 0.885. The third-order valence-corrected chi connectivity index (χ3v) is 2.35. The fraction of sp³-hybridized carbons (Fsp3) is 0.364. The molecular weight excluding hydrogens is 190 g/mol. The van der Waals surface area contributed by atoms with Crippen LogP contribution in [-0.2, 0) is 6.42 Å². The van der Waals surface area contributed by atoms with E-state index in [1.807, 2.05) is 20.2 Å². The van der Waals surface area contributed by atoms with Crippen LogP contribution < -0.4 is 16.4 Å². The lowest BCUT2D eigenvalue weighted by Gasteiger charge is -2.10. The van der Waals surface area contributed by atoms with Gasteiger partial charge in [-0.05, 0) is 37.7 Å². The molecule has 4 heteroatoms. The molecule has 15 heavy (non-hydrogen) atoms. The highest BCUT2D eigenvalue weighted by molar-refractivity contribution is 5.83. The first-order chi connectivity index (χ1) is 7.22. The third kappa shape index (κ3) is 2.70. The van der Waals surface area contributed by atoms with E-state index in [4.69, 9.17) is 5.73 Å². The smallest absolute Gasteiger partial charge is 0.150 e. The van der Waals surface area contributed by atoms with E-state index in [0.29, 0.717) is 11.3 Å². The molecule has 1 aromatic carbocycles. The summed E-state index contributed by atoms with van der Waals surface area (Å²) in [4.78, 5) is 10.8. The lowest BCUT2D eigenvalue weighted by atomic mass is 10.0. The Kier molecular flexibility index (Phi) is 4.12. The van der Waals surface area contributed by atoms with Crippen molar-refractivity contribution in [2.75, 3.05) is 31.7 Å². The van der Waals surface area contributed by atoms with Gasteiger partial charge in [0.1, 0.15) is 6.29 Å². The summed E-state index contributed by atoms with van der Waals surface area (Å²) in [6.07, 6.45) is 1.67. The molecule has 0 heterocycles. The van der Waals surface area contributed by atoms with Crippen LogP contribution in [0.3, 0.4) is 0 Å². The van der Waals surface area contributed by atoms with Crippen molar-refractivity contribution in [1.29, 1.82) is 0 Å². The number of hydrogen-bond donors (Lipinski definition) is 3. The maximum atomic E-state index is 10.8. The van der Waals surface area contributed by atoms with E-state index in [9.17, 15) is 4.79 Å². The van der Waals surface area contributed by atoms with Gasteiger partial charge in [-0.3, -0.25) is 4.79 Å². The zero-order valence-electron chi connectivity index (χ0n) is 9.13. The van der Waals surface area contributed by atoms with E-state index in [0.717, 1.165) is 30.5 Å². The van der Waals surface area contributed by atoms with Gasteiger partial charge in [0.15, 0.2) is 0 Å². The van der Waals surface area contributed by atoms with Crippen molar-refractivity contribution < 1.29 is 4.79 Å². The van der Waals surface area contributed by atoms with Crippen molar-refractivity contribution in [1.82, 2.24) is 5.32 Å². The van der Waals surface area contributed by atoms with E-state index in [-0.39, 0.29) is 0 Å². The number of likely N-dealkylation sites (N-methyl/N-ethyl adjacent to an activating group) is 1. The molecule has 0 saturated heterocycles. The number of rotatable bonds is 5. The van der Waals surface area contributed by atoms with Crippen LogP contribution in [-0.4, -0.2) is 26.9 Å². The van der Waals surface area contributed by atoms with Gasteiger partial charge in [0.25, 0.3) is 0 Å². The minimum Gasteiger partial charge on any atom is -0.397 e. The second kappa shape index (κ2) is 5.36. The normalized spacial score (nSPS) is 10.0. The first kappa shape index (κ1) is 11.5. The minimum atomic E-state index is 0.604. The molecule has 0 aliphatic carbocycles. The van der Waals surface area contributed by atoms with Crippen molar-refractivity contribution in [2.24, 2.45) is 0 Å². The molecule has 82 valence electrons. The van der Waals surface area contributed by atoms with E-state index in [1.54, 1.807) is 6.07 Å². The highest BCUT2D eigenvalue weighted by Crippen LogP contribution is 2.22. The first-order valence-electron chi connectivity index (χ1n) is 4.92. The molecule has 0 aromatic heterocycles. The number of carbonyl (C=O) groups excluding carboxylic acids is 1. The van der Waals surface area contributed by atoms with Gasteiger partial charge in [-0.1, -0.05) is 0 Å². The van der Waals surface area contributed by atoms with Crippen LogP contribution in [0.2, 0.25) is 0 Å². The number of aldehydes is 1. The molecule has 4 nitrogen and oxygen atoms in total. The van der Waals surface area contributed by atoms with E-state index >= 15 is 0 Å². The number of anilines is 2. The summed E-state index contributed by atoms with van der Waals surface area (Å²) in [7, 11) is 3.70. The number of nitrogen functional groups attached to an aromatic ring is 1. The molecule has 4 N–H and O–H groups in total. The molecule has 0 spiro atoms. The summed E-state index contributed by atoms with van der Waals surface area (Å²) >= 11 is 0. The van der Waals surface area contributed by atoms with Crippen molar-refractivity contribution in [3.05, 3.63) is 23.3 Å². The molecule has 0 aliphatic heterocycles. The van der Waals surface area contributed by atoms with Gasteiger partial charge >= 0.3 is 0 Å². The fourth-order valence-electron chi connectivity index (χ4n) is 1.48. The van der Waals surface area contributed by atoms with Crippen LogP contribution in [0.25, 0.3) is 0 Å². The molecule has 1 aromatic rings. The Bertz CT molecular complexity index is 350. The zero-order valence-corrected chi connectivity index (χ0v) is 9.13. The van der Waals surface area contributed by atoms with E-state index in [2.05, 4.69) is 10.6 Å². The van der Waals surface area contributed by atoms with Crippen LogP contribution in [0, 0.1) is 0 Å². The summed E-state index contributed by atoms with van der Waals surface area (Å²) in [6.45, 7) is 0.841. The Morgan fingerprint density at radius 1 is 1.40 bits per heavy atom. The zero-order chi connectivity index (χ0) is 11.3. The lowest BCUT2D eigenvalue weighted by molar-refractivity contribution is 0.112. The lowest BCUT2D eigenvalue weighted by Crippen LogP contribution is -2.12. The van der Waals surface area contributed by atoms with Gasteiger partial charge in [0.05, 0.1) is 11.4 Å². The number of nitrogens with two attached hydrogens (primary N) is 1. The maximum absolute atomic E-state index is 10.8. The minimum absolute atomic E-state index is 0.604. The van der Waals surface area contributed by atoms with Crippen LogP contribution in [0.4, 0.5) is 11.4 Å². The number of nitrogens with one attached hydrogen (secondary N) is 2. The SMILES string of the molecule is CNCCc1cc(NC)c(N)cc1C=O. The molecule has 0 bridgehead atoms. The van der Waals surface area contributed by atoms with Gasteiger partial charge in [-0.15, -0.1) is 0 Å². The fourth-order valence-corrected chi connectivity index (χ4v) is 1.48. The van der Waals surface area contributed by atoms with E-state index < -0.39 is 0 Å². The predicted molar refractivity (Wildman–Crippen MR) is 63.4 cm³/mol. The van der Waals surface area contributed by atoms with Gasteiger partial charge < -0.3 is 16.4 Å². The molecule has 0 saturated carbocycles. The maximum Gasteiger partial charge on any atom is 0.150 e. The Hall–Kier alpha value is -1.55. The molecule has 0 aliphatic rings. The number of carbonyl (C=O) groups is 1. The van der Waals surface area contributed by atoms with Crippen molar-refractivity contribution in [2.45, 2.75) is 6.42 Å². The van der Waals surface area contributed by atoms with Crippen molar-refractivity contribution in [3.63, 3.8) is 0 Å². The molecular formula is C11H17N3O. The van der Waals surface area contributed by atoms with Crippen molar-refractivity contribution in [3.8, 4) is 0 Å². The van der Waals surface area contributed by atoms with Crippen molar-refractivity contribution >= 4 is 17.7 Å². The molecule has 0 atom stereocenters. The van der Waals surface area contributed by atoms with Gasteiger partial charge in [0.2, 0.25) is 0 Å².